The molecule has 0 saturated carbocycles. The summed E-state index contributed by atoms with van der Waals surface area (Å²) in [5, 5.41) is 7.21. The van der Waals surface area contributed by atoms with Crippen molar-refractivity contribution in [1.82, 2.24) is 4.57 Å². The highest BCUT2D eigenvalue weighted by atomic mass is 16.3. The summed E-state index contributed by atoms with van der Waals surface area (Å²) in [6.07, 6.45) is 0. The Balaban J connectivity index is 1.11. The molecule has 0 N–H and O–H groups in total. The number of hydrogen-bond donors (Lipinski definition) is 0. The second-order valence-corrected chi connectivity index (χ2v) is 12.5. The zero-order valence-corrected chi connectivity index (χ0v) is 26.6. The van der Waals surface area contributed by atoms with E-state index in [1.807, 2.05) is 12.1 Å². The lowest BCUT2D eigenvalue weighted by atomic mass is 10.0. The molecule has 0 radical (unpaired) electrons. The number of benzene rings is 8. The summed E-state index contributed by atoms with van der Waals surface area (Å²) in [6.45, 7) is 0. The predicted molar refractivity (Wildman–Crippen MR) is 206 cm³/mol. The molecule has 0 aliphatic carbocycles. The van der Waals surface area contributed by atoms with Gasteiger partial charge in [0.25, 0.3) is 0 Å². The van der Waals surface area contributed by atoms with Crippen LogP contribution in [-0.4, -0.2) is 4.57 Å². The number of anilines is 3. The Bertz CT molecular complexity index is 2760. The van der Waals surface area contributed by atoms with E-state index in [9.17, 15) is 0 Å². The number of furan rings is 1. The smallest absolute Gasteiger partial charge is 0.143 e. The van der Waals surface area contributed by atoms with Gasteiger partial charge < -0.3 is 13.9 Å². The zero-order chi connectivity index (χ0) is 32.3. The molecule has 0 aliphatic rings. The Morgan fingerprint density at radius 2 is 0.959 bits per heavy atom. The molecule has 2 aromatic heterocycles. The molecular weight excluding hydrogens is 597 g/mol. The first-order chi connectivity index (χ1) is 24.3. The summed E-state index contributed by atoms with van der Waals surface area (Å²) in [5.41, 5.74) is 10.9. The molecule has 0 saturated heterocycles. The van der Waals surface area contributed by atoms with E-state index in [4.69, 9.17) is 4.42 Å². The third-order valence-corrected chi connectivity index (χ3v) is 9.79. The van der Waals surface area contributed by atoms with Gasteiger partial charge in [-0.15, -0.1) is 0 Å². The lowest BCUT2D eigenvalue weighted by Crippen LogP contribution is -2.10. The number of aromatic nitrogens is 1. The van der Waals surface area contributed by atoms with Gasteiger partial charge in [-0.2, -0.15) is 0 Å². The van der Waals surface area contributed by atoms with E-state index in [-0.39, 0.29) is 0 Å². The first kappa shape index (κ1) is 27.5. The van der Waals surface area contributed by atoms with Crippen molar-refractivity contribution in [1.29, 1.82) is 0 Å². The van der Waals surface area contributed by atoms with Crippen LogP contribution in [0.15, 0.2) is 186 Å². The second-order valence-electron chi connectivity index (χ2n) is 12.5. The van der Waals surface area contributed by atoms with Crippen LogP contribution in [0.2, 0.25) is 0 Å². The number of fused-ring (bicyclic) bond motifs is 7. The summed E-state index contributed by atoms with van der Waals surface area (Å²) in [5.74, 6) is 0. The lowest BCUT2D eigenvalue weighted by molar-refractivity contribution is 0.670. The van der Waals surface area contributed by atoms with Crippen LogP contribution in [-0.2, 0) is 0 Å². The number of nitrogens with zero attached hydrogens (tertiary/aromatic N) is 2. The Labute approximate surface area is 283 Å². The topological polar surface area (TPSA) is 21.3 Å². The normalized spacial score (nSPS) is 11.7. The highest BCUT2D eigenvalue weighted by Gasteiger charge is 2.18. The quantitative estimate of drug-likeness (QED) is 0.190. The fraction of sp³-hybridized carbons (Fsp3) is 0. The predicted octanol–water partition coefficient (Wildman–Crippen LogP) is 13.0. The number of rotatable bonds is 5. The molecule has 3 nitrogen and oxygen atoms in total. The largest absolute Gasteiger partial charge is 0.455 e. The zero-order valence-electron chi connectivity index (χ0n) is 26.6. The average Bonchev–Trinajstić information content (AvgIpc) is 3.72. The first-order valence-electron chi connectivity index (χ1n) is 16.7. The molecule has 0 bridgehead atoms. The third-order valence-electron chi connectivity index (χ3n) is 9.79. The number of para-hydroxylation sites is 4. The maximum Gasteiger partial charge on any atom is 0.143 e. The molecule has 0 spiro atoms. The fourth-order valence-corrected chi connectivity index (χ4v) is 7.55. The van der Waals surface area contributed by atoms with Crippen LogP contribution in [0.4, 0.5) is 17.1 Å². The average molecular weight is 627 g/mol. The monoisotopic (exact) mass is 626 g/mol. The van der Waals surface area contributed by atoms with Crippen molar-refractivity contribution in [2.45, 2.75) is 0 Å². The lowest BCUT2D eigenvalue weighted by Gasteiger charge is -2.27. The van der Waals surface area contributed by atoms with Crippen molar-refractivity contribution in [3.05, 3.63) is 182 Å². The van der Waals surface area contributed by atoms with Gasteiger partial charge in [0, 0.05) is 49.6 Å². The molecule has 230 valence electrons. The molecule has 8 aromatic carbocycles. The van der Waals surface area contributed by atoms with Crippen LogP contribution in [0.5, 0.6) is 0 Å². The van der Waals surface area contributed by atoms with Crippen LogP contribution < -0.4 is 4.90 Å². The molecule has 10 aromatic rings. The van der Waals surface area contributed by atoms with E-state index in [2.05, 4.69) is 179 Å². The van der Waals surface area contributed by atoms with Gasteiger partial charge in [-0.25, -0.2) is 0 Å². The van der Waals surface area contributed by atoms with Crippen LogP contribution in [0.25, 0.3) is 71.3 Å². The number of hydrogen-bond acceptors (Lipinski definition) is 2. The van der Waals surface area contributed by atoms with Crippen molar-refractivity contribution in [2.24, 2.45) is 0 Å². The van der Waals surface area contributed by atoms with Crippen LogP contribution >= 0.6 is 0 Å². The SMILES string of the molecule is c1ccc2c(N(c3ccc(-c4cccc5c4oc4ccccc45)cc3)c3ccc(-n4c5ccccc5c5ccccc54)cc3)cccc2c1. The van der Waals surface area contributed by atoms with Crippen molar-refractivity contribution in [3.63, 3.8) is 0 Å². The summed E-state index contributed by atoms with van der Waals surface area (Å²) >= 11 is 0. The van der Waals surface area contributed by atoms with Gasteiger partial charge in [0.2, 0.25) is 0 Å². The van der Waals surface area contributed by atoms with Crippen LogP contribution in [0.3, 0.4) is 0 Å². The molecule has 0 atom stereocenters. The van der Waals surface area contributed by atoms with E-state index in [1.54, 1.807) is 0 Å². The van der Waals surface area contributed by atoms with Gasteiger partial charge in [-0.1, -0.05) is 121 Å². The summed E-state index contributed by atoms with van der Waals surface area (Å²) in [4.78, 5) is 2.36. The van der Waals surface area contributed by atoms with E-state index in [0.717, 1.165) is 55.8 Å². The van der Waals surface area contributed by atoms with E-state index in [1.165, 1.54) is 32.6 Å². The van der Waals surface area contributed by atoms with Gasteiger partial charge in [-0.05, 0) is 71.6 Å². The Kier molecular flexibility index (Phi) is 6.18. The summed E-state index contributed by atoms with van der Waals surface area (Å²) in [6, 6.07) is 64.9. The van der Waals surface area contributed by atoms with Gasteiger partial charge in [0.15, 0.2) is 0 Å². The molecule has 0 aliphatic heterocycles. The van der Waals surface area contributed by atoms with Gasteiger partial charge in [-0.3, -0.25) is 0 Å². The maximum atomic E-state index is 6.39. The minimum atomic E-state index is 0.910. The molecule has 0 amide bonds. The molecule has 49 heavy (non-hydrogen) atoms. The van der Waals surface area contributed by atoms with Gasteiger partial charge in [0.05, 0.1) is 16.7 Å². The summed E-state index contributed by atoms with van der Waals surface area (Å²) in [7, 11) is 0. The summed E-state index contributed by atoms with van der Waals surface area (Å²) < 4.78 is 8.75. The fourth-order valence-electron chi connectivity index (χ4n) is 7.55. The van der Waals surface area contributed by atoms with Crippen molar-refractivity contribution >= 4 is 71.6 Å². The van der Waals surface area contributed by atoms with Crippen molar-refractivity contribution < 1.29 is 4.42 Å². The van der Waals surface area contributed by atoms with E-state index >= 15 is 0 Å². The van der Waals surface area contributed by atoms with Gasteiger partial charge >= 0.3 is 0 Å². The van der Waals surface area contributed by atoms with E-state index in [0.29, 0.717) is 0 Å². The Morgan fingerprint density at radius 3 is 1.69 bits per heavy atom. The maximum absolute atomic E-state index is 6.39. The molecule has 10 rings (SSSR count). The second kappa shape index (κ2) is 11.0. The highest BCUT2D eigenvalue weighted by molar-refractivity contribution is 6.10. The van der Waals surface area contributed by atoms with Crippen molar-refractivity contribution in [3.8, 4) is 16.8 Å². The highest BCUT2D eigenvalue weighted by Crippen LogP contribution is 2.42. The molecule has 2 heterocycles. The third kappa shape index (κ3) is 4.37. The molecule has 0 unspecified atom stereocenters. The minimum absolute atomic E-state index is 0.910. The van der Waals surface area contributed by atoms with Crippen LogP contribution in [0.1, 0.15) is 0 Å². The molecular formula is C46H30N2O. The standard InChI is InChI=1S/C46H30N2O/c1-2-13-36-31(11-1)12-9-21-42(36)47(33-25-23-32(24-26-33)37-17-10-18-41-40-16-5-8-22-45(40)49-46(37)41)34-27-29-35(30-28-34)48-43-19-6-3-14-38(43)39-15-4-7-20-44(39)48/h1-30H. The molecule has 0 fully saturated rings. The van der Waals surface area contributed by atoms with E-state index < -0.39 is 0 Å². The first-order valence-corrected chi connectivity index (χ1v) is 16.7. The Hall–Kier alpha value is -6.58. The van der Waals surface area contributed by atoms with Crippen molar-refractivity contribution in [2.75, 3.05) is 4.90 Å². The van der Waals surface area contributed by atoms with Crippen LogP contribution in [0, 0.1) is 0 Å². The van der Waals surface area contributed by atoms with Gasteiger partial charge in [0.1, 0.15) is 11.2 Å². The Morgan fingerprint density at radius 1 is 0.408 bits per heavy atom. The molecule has 3 heteroatoms. The minimum Gasteiger partial charge on any atom is -0.455 e.